The average Bonchev–Trinajstić information content (AvgIpc) is 2.54. The molecule has 26 heavy (non-hydrogen) atoms. The van der Waals surface area contributed by atoms with E-state index in [4.69, 9.17) is 19.1 Å². The summed E-state index contributed by atoms with van der Waals surface area (Å²) in [6.07, 6.45) is -3.18. The van der Waals surface area contributed by atoms with Crippen LogP contribution in [0.5, 0.6) is 0 Å². The molecule has 0 aliphatic heterocycles. The van der Waals surface area contributed by atoms with Gasteiger partial charge >= 0.3 is 12.1 Å². The van der Waals surface area contributed by atoms with Gasteiger partial charge in [-0.15, -0.1) is 0 Å². The molecule has 0 saturated carbocycles. The van der Waals surface area contributed by atoms with Crippen LogP contribution in [0.2, 0.25) is 0 Å². The Balaban J connectivity index is 2.33. The number of esters is 1. The quantitative estimate of drug-likeness (QED) is 0.214. The molecule has 0 radical (unpaired) electrons. The number of carbonyl (C=O) groups is 2. The highest BCUT2D eigenvalue weighted by Gasteiger charge is 2.25. The Labute approximate surface area is 152 Å². The third kappa shape index (κ3) is 7.64. The maximum absolute atomic E-state index is 11.5. The fourth-order valence-corrected chi connectivity index (χ4v) is 1.75. The molecule has 0 bridgehead atoms. The number of rotatable bonds is 9. The summed E-state index contributed by atoms with van der Waals surface area (Å²) in [6, 6.07) is 9.23. The Morgan fingerprint density at radius 3 is 2.19 bits per heavy atom. The summed E-state index contributed by atoms with van der Waals surface area (Å²) < 4.78 is 14.8. The van der Waals surface area contributed by atoms with Gasteiger partial charge < -0.3 is 14.2 Å². The molecule has 0 saturated heterocycles. The smallest absolute Gasteiger partial charge is 0.433 e. The first-order valence-electron chi connectivity index (χ1n) is 7.92. The summed E-state index contributed by atoms with van der Waals surface area (Å²) in [5, 5.41) is 4.49. The fourth-order valence-electron chi connectivity index (χ4n) is 1.75. The summed E-state index contributed by atoms with van der Waals surface area (Å²) in [5.74, 6) is -0.618. The molecule has 0 heterocycles. The molecule has 0 N–H and O–H groups in total. The van der Waals surface area contributed by atoms with Crippen molar-refractivity contribution in [1.29, 1.82) is 0 Å². The van der Waals surface area contributed by atoms with E-state index in [9.17, 15) is 9.59 Å². The van der Waals surface area contributed by atoms with Gasteiger partial charge in [-0.1, -0.05) is 36.9 Å². The van der Waals surface area contributed by atoms with Gasteiger partial charge in [0.2, 0.25) is 12.6 Å². The van der Waals surface area contributed by atoms with Crippen molar-refractivity contribution in [2.75, 3.05) is 0 Å². The van der Waals surface area contributed by atoms with Crippen molar-refractivity contribution < 1.29 is 38.6 Å². The first-order chi connectivity index (χ1) is 12.1. The van der Waals surface area contributed by atoms with Gasteiger partial charge in [0, 0.05) is 5.57 Å². The zero-order valence-corrected chi connectivity index (χ0v) is 15.5. The number of ether oxygens (including phenoxy) is 3. The van der Waals surface area contributed by atoms with E-state index < -0.39 is 30.3 Å². The van der Waals surface area contributed by atoms with Gasteiger partial charge in [0.05, 0.1) is 0 Å². The fraction of sp³-hybridized carbons (Fsp3) is 0.444. The van der Waals surface area contributed by atoms with Crippen molar-refractivity contribution in [3.63, 3.8) is 0 Å². The lowest BCUT2D eigenvalue weighted by Gasteiger charge is -2.22. The largest absolute Gasteiger partial charge is 0.544 e. The van der Waals surface area contributed by atoms with Crippen LogP contribution in [0.15, 0.2) is 42.5 Å². The summed E-state index contributed by atoms with van der Waals surface area (Å²) in [6.45, 7) is 11.3. The normalized spacial score (nSPS) is 13.4. The third-order valence-corrected chi connectivity index (χ3v) is 3.08. The Kier molecular flexibility index (Phi) is 8.24. The van der Waals surface area contributed by atoms with E-state index in [0.29, 0.717) is 0 Å². The number of hydrogen-bond donors (Lipinski definition) is 0. The summed E-state index contributed by atoms with van der Waals surface area (Å²) in [4.78, 5) is 32.3. The van der Waals surface area contributed by atoms with Gasteiger partial charge in [0.1, 0.15) is 5.60 Å². The van der Waals surface area contributed by atoms with Crippen LogP contribution in [0.4, 0.5) is 4.79 Å². The zero-order chi connectivity index (χ0) is 19.7. The van der Waals surface area contributed by atoms with Gasteiger partial charge in [-0.3, -0.25) is 0 Å². The van der Waals surface area contributed by atoms with E-state index in [1.54, 1.807) is 13.8 Å². The van der Waals surface area contributed by atoms with Gasteiger partial charge in [-0.05, 0) is 45.2 Å². The molecule has 0 fully saturated rings. The van der Waals surface area contributed by atoms with Crippen LogP contribution in [0.25, 0.3) is 0 Å². The van der Waals surface area contributed by atoms with Crippen LogP contribution in [0, 0.1) is 0 Å². The second-order valence-electron chi connectivity index (χ2n) is 5.94. The second-order valence-corrected chi connectivity index (χ2v) is 5.94. The topological polar surface area (TPSA) is 89.5 Å². The van der Waals surface area contributed by atoms with Gasteiger partial charge in [0.15, 0.2) is 0 Å². The average molecular weight is 368 g/mol. The predicted molar refractivity (Wildman–Crippen MR) is 90.1 cm³/mol. The SMILES string of the molecule is C=C(C)C(=O)OC(C)OC(C)OC(=O)OOOC(C)(C)c1ccccc1. The standard InChI is InChI=1S/C18H24O8/c1-12(2)16(19)22-13(3)21-14(4)23-17(20)24-26-25-18(5,6)15-10-8-7-9-11-15/h7-11,13-14H,1H2,2-6H3. The lowest BCUT2D eigenvalue weighted by atomic mass is 9.99. The molecule has 1 rings (SSSR count). The van der Waals surface area contributed by atoms with Gasteiger partial charge in [-0.25, -0.2) is 14.5 Å². The molecule has 8 heteroatoms. The number of carbonyl (C=O) groups excluding carboxylic acids is 2. The van der Waals surface area contributed by atoms with Gasteiger partial charge in [-0.2, -0.15) is 4.89 Å². The molecule has 1 aromatic carbocycles. The van der Waals surface area contributed by atoms with Crippen LogP contribution in [-0.4, -0.2) is 24.7 Å². The monoisotopic (exact) mass is 368 g/mol. The minimum absolute atomic E-state index is 0.222. The van der Waals surface area contributed by atoms with Crippen LogP contribution < -0.4 is 0 Å². The highest BCUT2D eigenvalue weighted by molar-refractivity contribution is 5.86. The predicted octanol–water partition coefficient (Wildman–Crippen LogP) is 3.77. The molecule has 0 aromatic heterocycles. The lowest BCUT2D eigenvalue weighted by molar-refractivity contribution is -0.521. The van der Waals surface area contributed by atoms with Crippen LogP contribution in [0.3, 0.4) is 0 Å². The van der Waals surface area contributed by atoms with Crippen molar-refractivity contribution >= 4 is 12.1 Å². The Bertz CT molecular complexity index is 611. The summed E-state index contributed by atoms with van der Waals surface area (Å²) >= 11 is 0. The van der Waals surface area contributed by atoms with Crippen LogP contribution >= 0.6 is 0 Å². The molecule has 2 unspecified atom stereocenters. The molecule has 0 amide bonds. The van der Waals surface area contributed by atoms with Crippen molar-refractivity contribution in [2.24, 2.45) is 0 Å². The zero-order valence-electron chi connectivity index (χ0n) is 15.5. The molecule has 1 aromatic rings. The molecule has 8 nitrogen and oxygen atoms in total. The molecular weight excluding hydrogens is 344 g/mol. The highest BCUT2D eigenvalue weighted by Crippen LogP contribution is 2.24. The molecule has 0 aliphatic rings. The molecule has 2 atom stereocenters. The first-order valence-corrected chi connectivity index (χ1v) is 7.92. The maximum atomic E-state index is 11.5. The third-order valence-electron chi connectivity index (χ3n) is 3.08. The molecule has 0 spiro atoms. The molecular formula is C18H24O8. The second kappa shape index (κ2) is 9.91. The van der Waals surface area contributed by atoms with E-state index >= 15 is 0 Å². The Morgan fingerprint density at radius 1 is 1.04 bits per heavy atom. The van der Waals surface area contributed by atoms with E-state index in [1.165, 1.54) is 20.8 Å². The van der Waals surface area contributed by atoms with E-state index in [2.05, 4.69) is 16.5 Å². The van der Waals surface area contributed by atoms with E-state index in [0.717, 1.165) is 5.56 Å². The van der Waals surface area contributed by atoms with Crippen molar-refractivity contribution in [1.82, 2.24) is 0 Å². The Hall–Kier alpha value is -2.42. The van der Waals surface area contributed by atoms with Crippen LogP contribution in [-0.2, 0) is 39.4 Å². The molecule has 0 aliphatic carbocycles. The highest BCUT2D eigenvalue weighted by atomic mass is 17.5. The van der Waals surface area contributed by atoms with Crippen LogP contribution in [0.1, 0.15) is 40.2 Å². The Morgan fingerprint density at radius 2 is 1.62 bits per heavy atom. The first kappa shape index (κ1) is 21.6. The van der Waals surface area contributed by atoms with E-state index in [1.807, 2.05) is 30.3 Å². The number of benzene rings is 1. The van der Waals surface area contributed by atoms with E-state index in [-0.39, 0.29) is 5.57 Å². The van der Waals surface area contributed by atoms with Crippen molar-refractivity contribution in [3.8, 4) is 0 Å². The van der Waals surface area contributed by atoms with Crippen molar-refractivity contribution in [3.05, 3.63) is 48.0 Å². The molecule has 144 valence electrons. The summed E-state index contributed by atoms with van der Waals surface area (Å²) in [7, 11) is 0. The van der Waals surface area contributed by atoms with Gasteiger partial charge in [0.25, 0.3) is 0 Å². The number of hydrogen-bond acceptors (Lipinski definition) is 8. The lowest BCUT2D eigenvalue weighted by Crippen LogP contribution is -2.28. The minimum atomic E-state index is -1.18. The summed E-state index contributed by atoms with van der Waals surface area (Å²) in [5.41, 5.74) is 0.191. The maximum Gasteiger partial charge on any atom is 0.544 e. The minimum Gasteiger partial charge on any atom is -0.433 e. The van der Waals surface area contributed by atoms with Crippen molar-refractivity contribution in [2.45, 2.75) is 52.8 Å².